The van der Waals surface area contributed by atoms with Crippen molar-refractivity contribution in [3.8, 4) is 0 Å². The van der Waals surface area contributed by atoms with Gasteiger partial charge in [0.1, 0.15) is 0 Å². The van der Waals surface area contributed by atoms with E-state index < -0.39 is 0 Å². The van der Waals surface area contributed by atoms with E-state index in [1.54, 1.807) is 0 Å². The molecule has 1 N–H and O–H groups in total. The molecule has 0 spiro atoms. The molecule has 0 bridgehead atoms. The molecule has 0 heterocycles. The zero-order valence-electron chi connectivity index (χ0n) is 9.09. The van der Waals surface area contributed by atoms with E-state index in [0.717, 1.165) is 11.4 Å². The second-order valence-corrected chi connectivity index (χ2v) is 4.09. The third-order valence-electron chi connectivity index (χ3n) is 2.18. The van der Waals surface area contributed by atoms with E-state index in [2.05, 4.69) is 5.32 Å². The van der Waals surface area contributed by atoms with Crippen LogP contribution in [0.3, 0.4) is 0 Å². The second kappa shape index (κ2) is 5.76. The topological polar surface area (TPSA) is 29.1 Å². The van der Waals surface area contributed by atoms with E-state index >= 15 is 0 Å². The first kappa shape index (κ1) is 12.1. The molecule has 0 saturated heterocycles. The summed E-state index contributed by atoms with van der Waals surface area (Å²) in [6.07, 6.45) is 1.37. The lowest BCUT2D eigenvalue weighted by Crippen LogP contribution is -2.33. The van der Waals surface area contributed by atoms with Crippen LogP contribution in [-0.4, -0.2) is 11.9 Å². The van der Waals surface area contributed by atoms with Crippen LogP contribution in [0.1, 0.15) is 25.8 Å². The molecule has 0 aliphatic rings. The summed E-state index contributed by atoms with van der Waals surface area (Å²) in [4.78, 5) is 11.1. The highest BCUT2D eigenvalue weighted by molar-refractivity contribution is 6.30. The van der Waals surface area contributed by atoms with Crippen molar-refractivity contribution in [1.82, 2.24) is 5.32 Å². The molecule has 0 radical (unpaired) electrons. The molecule has 0 aliphatic carbocycles. The maximum Gasteiger partial charge on any atom is 0.219 e. The highest BCUT2D eigenvalue weighted by Crippen LogP contribution is 2.10. The third-order valence-corrected chi connectivity index (χ3v) is 2.44. The van der Waals surface area contributed by atoms with Gasteiger partial charge in [0.25, 0.3) is 0 Å². The van der Waals surface area contributed by atoms with Crippen molar-refractivity contribution in [3.05, 3.63) is 34.9 Å². The summed E-state index contributed by atoms with van der Waals surface area (Å²) in [5.74, 6) is 0.0939. The van der Waals surface area contributed by atoms with E-state index in [-0.39, 0.29) is 11.9 Å². The number of nitrogens with one attached hydrogen (secondary N) is 1. The van der Waals surface area contributed by atoms with Gasteiger partial charge in [-0.3, -0.25) is 4.79 Å². The van der Waals surface area contributed by atoms with E-state index in [1.165, 1.54) is 5.56 Å². The molecule has 3 heteroatoms. The van der Waals surface area contributed by atoms with Crippen LogP contribution in [0.15, 0.2) is 24.3 Å². The molecule has 0 saturated carbocycles. The zero-order chi connectivity index (χ0) is 11.3. The van der Waals surface area contributed by atoms with Crippen LogP contribution in [0.5, 0.6) is 0 Å². The first-order valence-corrected chi connectivity index (χ1v) is 5.53. The summed E-state index contributed by atoms with van der Waals surface area (Å²) in [5, 5.41) is 3.66. The number of hydrogen-bond acceptors (Lipinski definition) is 1. The van der Waals surface area contributed by atoms with Crippen molar-refractivity contribution >= 4 is 17.5 Å². The lowest BCUT2D eigenvalue weighted by atomic mass is 10.1. The number of amides is 1. The molecule has 1 atom stereocenters. The smallest absolute Gasteiger partial charge is 0.219 e. The highest BCUT2D eigenvalue weighted by atomic mass is 35.5. The molecule has 2 nitrogen and oxygen atoms in total. The standard InChI is InChI=1S/C12H16ClNO/c1-3-12(15)14-9(2)8-10-4-6-11(13)7-5-10/h4-7,9H,3,8H2,1-2H3,(H,14,15). The zero-order valence-corrected chi connectivity index (χ0v) is 9.84. The van der Waals surface area contributed by atoms with E-state index in [0.29, 0.717) is 6.42 Å². The van der Waals surface area contributed by atoms with E-state index in [4.69, 9.17) is 11.6 Å². The van der Waals surface area contributed by atoms with Crippen LogP contribution < -0.4 is 5.32 Å². The Bertz CT molecular complexity index is 321. The Labute approximate surface area is 95.6 Å². The molecule has 1 rings (SSSR count). The van der Waals surface area contributed by atoms with Crippen molar-refractivity contribution in [3.63, 3.8) is 0 Å². The Hall–Kier alpha value is -1.02. The Morgan fingerprint density at radius 1 is 1.40 bits per heavy atom. The van der Waals surface area contributed by atoms with Crippen LogP contribution >= 0.6 is 11.6 Å². The molecule has 1 amide bonds. The Morgan fingerprint density at radius 3 is 2.53 bits per heavy atom. The van der Waals surface area contributed by atoms with Gasteiger partial charge in [-0.05, 0) is 31.0 Å². The number of halogens is 1. The molecular formula is C12H16ClNO. The molecule has 1 aromatic carbocycles. The summed E-state index contributed by atoms with van der Waals surface area (Å²) in [7, 11) is 0. The first-order valence-electron chi connectivity index (χ1n) is 5.15. The molecule has 0 fully saturated rings. The van der Waals surface area contributed by atoms with Crippen molar-refractivity contribution in [1.29, 1.82) is 0 Å². The van der Waals surface area contributed by atoms with Gasteiger partial charge in [-0.15, -0.1) is 0 Å². The fraction of sp³-hybridized carbons (Fsp3) is 0.417. The fourth-order valence-corrected chi connectivity index (χ4v) is 1.53. The first-order chi connectivity index (χ1) is 7.11. The van der Waals surface area contributed by atoms with Gasteiger partial charge >= 0.3 is 0 Å². The Morgan fingerprint density at radius 2 is 2.00 bits per heavy atom. The van der Waals surface area contributed by atoms with Crippen LogP contribution in [0.2, 0.25) is 5.02 Å². The van der Waals surface area contributed by atoms with Gasteiger partial charge < -0.3 is 5.32 Å². The van der Waals surface area contributed by atoms with Crippen molar-refractivity contribution in [2.45, 2.75) is 32.7 Å². The lowest BCUT2D eigenvalue weighted by Gasteiger charge is -2.13. The predicted molar refractivity (Wildman–Crippen MR) is 63.1 cm³/mol. The molecule has 1 aromatic rings. The number of benzene rings is 1. The monoisotopic (exact) mass is 225 g/mol. The Balaban J connectivity index is 2.47. The second-order valence-electron chi connectivity index (χ2n) is 3.65. The third kappa shape index (κ3) is 4.34. The van der Waals surface area contributed by atoms with Gasteiger partial charge in [-0.2, -0.15) is 0 Å². The molecular weight excluding hydrogens is 210 g/mol. The van der Waals surface area contributed by atoms with Crippen molar-refractivity contribution in [2.75, 3.05) is 0 Å². The van der Waals surface area contributed by atoms with Crippen molar-refractivity contribution in [2.24, 2.45) is 0 Å². The number of rotatable bonds is 4. The van der Waals surface area contributed by atoms with Gasteiger partial charge in [0.15, 0.2) is 0 Å². The van der Waals surface area contributed by atoms with E-state index in [9.17, 15) is 4.79 Å². The Kier molecular flexibility index (Phi) is 4.63. The average Bonchev–Trinajstić information content (AvgIpc) is 2.21. The minimum absolute atomic E-state index is 0.0939. The lowest BCUT2D eigenvalue weighted by molar-refractivity contribution is -0.121. The molecule has 15 heavy (non-hydrogen) atoms. The minimum Gasteiger partial charge on any atom is -0.353 e. The van der Waals surface area contributed by atoms with Gasteiger partial charge in [0.2, 0.25) is 5.91 Å². The molecule has 82 valence electrons. The molecule has 1 unspecified atom stereocenters. The highest BCUT2D eigenvalue weighted by Gasteiger charge is 2.05. The van der Waals surface area contributed by atoms with Crippen molar-refractivity contribution < 1.29 is 4.79 Å². The SMILES string of the molecule is CCC(=O)NC(C)Cc1ccc(Cl)cc1. The normalized spacial score (nSPS) is 12.2. The number of carbonyl (C=O) groups excluding carboxylic acids is 1. The largest absolute Gasteiger partial charge is 0.353 e. The number of hydrogen-bond donors (Lipinski definition) is 1. The van der Waals surface area contributed by atoms with Gasteiger partial charge in [0.05, 0.1) is 0 Å². The molecule has 0 aromatic heterocycles. The quantitative estimate of drug-likeness (QED) is 0.839. The predicted octanol–water partition coefficient (Wildman–Crippen LogP) is 2.80. The van der Waals surface area contributed by atoms with Gasteiger partial charge in [-0.25, -0.2) is 0 Å². The molecule has 0 aliphatic heterocycles. The summed E-state index contributed by atoms with van der Waals surface area (Å²) in [6, 6.07) is 7.86. The number of carbonyl (C=O) groups is 1. The summed E-state index contributed by atoms with van der Waals surface area (Å²) in [6.45, 7) is 3.85. The maximum absolute atomic E-state index is 11.1. The summed E-state index contributed by atoms with van der Waals surface area (Å²) >= 11 is 5.79. The summed E-state index contributed by atoms with van der Waals surface area (Å²) in [5.41, 5.74) is 1.18. The van der Waals surface area contributed by atoms with Crippen LogP contribution in [0.25, 0.3) is 0 Å². The van der Waals surface area contributed by atoms with Crippen LogP contribution in [0, 0.1) is 0 Å². The van der Waals surface area contributed by atoms with Gasteiger partial charge in [-0.1, -0.05) is 30.7 Å². The van der Waals surface area contributed by atoms with Crippen LogP contribution in [-0.2, 0) is 11.2 Å². The average molecular weight is 226 g/mol. The maximum atomic E-state index is 11.1. The van der Waals surface area contributed by atoms with Crippen LogP contribution in [0.4, 0.5) is 0 Å². The fourth-order valence-electron chi connectivity index (χ4n) is 1.40. The van der Waals surface area contributed by atoms with E-state index in [1.807, 2.05) is 38.1 Å². The minimum atomic E-state index is 0.0939. The summed E-state index contributed by atoms with van der Waals surface area (Å²) < 4.78 is 0. The van der Waals surface area contributed by atoms with Gasteiger partial charge in [0, 0.05) is 17.5 Å².